The molecule has 0 saturated heterocycles. The molecule has 1 heterocycles. The standard InChI is InChI=1S/C13H11N3O2/c1-18-13(17)8-15-12-6-9(7-14)10-4-2-3-5-11(10)16-12/h2-6H,8H2,1H3,(H,15,16). The highest BCUT2D eigenvalue weighted by atomic mass is 16.5. The Bertz CT molecular complexity index is 632. The van der Waals surface area contributed by atoms with Crippen LogP contribution in [0.5, 0.6) is 0 Å². The van der Waals surface area contributed by atoms with Crippen LogP contribution < -0.4 is 5.32 Å². The molecule has 0 aliphatic rings. The largest absolute Gasteiger partial charge is 0.468 e. The fraction of sp³-hybridized carbons (Fsp3) is 0.154. The van der Waals surface area contributed by atoms with E-state index in [0.717, 1.165) is 5.39 Å². The van der Waals surface area contributed by atoms with Gasteiger partial charge in [-0.25, -0.2) is 4.98 Å². The van der Waals surface area contributed by atoms with Gasteiger partial charge in [0.1, 0.15) is 12.4 Å². The Morgan fingerprint density at radius 3 is 3.00 bits per heavy atom. The van der Waals surface area contributed by atoms with Crippen LogP contribution in [0.1, 0.15) is 5.56 Å². The van der Waals surface area contributed by atoms with Crippen molar-refractivity contribution in [1.29, 1.82) is 5.26 Å². The molecule has 2 aromatic rings. The summed E-state index contributed by atoms with van der Waals surface area (Å²) in [5.74, 6) is 0.0964. The molecule has 0 radical (unpaired) electrons. The lowest BCUT2D eigenvalue weighted by Crippen LogP contribution is -2.15. The topological polar surface area (TPSA) is 75.0 Å². The van der Waals surface area contributed by atoms with Crippen molar-refractivity contribution in [2.45, 2.75) is 0 Å². The van der Waals surface area contributed by atoms with E-state index in [2.05, 4.69) is 21.1 Å². The van der Waals surface area contributed by atoms with Crippen molar-refractivity contribution < 1.29 is 9.53 Å². The number of aromatic nitrogens is 1. The second-order valence-corrected chi connectivity index (χ2v) is 3.61. The maximum atomic E-state index is 11.0. The molecule has 90 valence electrons. The van der Waals surface area contributed by atoms with Crippen molar-refractivity contribution in [2.75, 3.05) is 19.0 Å². The highest BCUT2D eigenvalue weighted by Crippen LogP contribution is 2.19. The number of para-hydroxylation sites is 1. The van der Waals surface area contributed by atoms with Crippen LogP contribution in [0.3, 0.4) is 0 Å². The predicted octanol–water partition coefficient (Wildman–Crippen LogP) is 1.69. The summed E-state index contributed by atoms with van der Waals surface area (Å²) in [7, 11) is 1.32. The number of nitrogens with zero attached hydrogens (tertiary/aromatic N) is 2. The Morgan fingerprint density at radius 2 is 2.28 bits per heavy atom. The van der Waals surface area contributed by atoms with E-state index in [1.165, 1.54) is 7.11 Å². The van der Waals surface area contributed by atoms with Crippen molar-refractivity contribution in [2.24, 2.45) is 0 Å². The first kappa shape index (κ1) is 11.9. The summed E-state index contributed by atoms with van der Waals surface area (Å²) >= 11 is 0. The number of carbonyl (C=O) groups is 1. The predicted molar refractivity (Wildman–Crippen MR) is 67.0 cm³/mol. The van der Waals surface area contributed by atoms with E-state index in [-0.39, 0.29) is 12.5 Å². The van der Waals surface area contributed by atoms with Crippen LogP contribution in [-0.2, 0) is 9.53 Å². The highest BCUT2D eigenvalue weighted by Gasteiger charge is 2.06. The van der Waals surface area contributed by atoms with Gasteiger partial charge in [-0.15, -0.1) is 0 Å². The summed E-state index contributed by atoms with van der Waals surface area (Å²) in [6, 6.07) is 11.1. The molecule has 0 bridgehead atoms. The van der Waals surface area contributed by atoms with Gasteiger partial charge in [-0.05, 0) is 12.1 Å². The molecule has 5 heteroatoms. The van der Waals surface area contributed by atoms with E-state index in [1.54, 1.807) is 6.07 Å². The number of hydrogen-bond donors (Lipinski definition) is 1. The molecule has 0 spiro atoms. The fourth-order valence-corrected chi connectivity index (χ4v) is 1.59. The van der Waals surface area contributed by atoms with Gasteiger partial charge in [0, 0.05) is 5.39 Å². The quantitative estimate of drug-likeness (QED) is 0.827. The van der Waals surface area contributed by atoms with Crippen LogP contribution in [0.2, 0.25) is 0 Å². The summed E-state index contributed by atoms with van der Waals surface area (Å²) in [5, 5.41) is 12.7. The van der Waals surface area contributed by atoms with Gasteiger partial charge < -0.3 is 10.1 Å². The molecule has 0 fully saturated rings. The summed E-state index contributed by atoms with van der Waals surface area (Å²) in [5.41, 5.74) is 1.23. The Labute approximate surface area is 104 Å². The van der Waals surface area contributed by atoms with E-state index in [4.69, 9.17) is 5.26 Å². The molecule has 1 aromatic heterocycles. The molecule has 0 amide bonds. The SMILES string of the molecule is COC(=O)CNc1cc(C#N)c2ccccc2n1. The van der Waals surface area contributed by atoms with E-state index in [9.17, 15) is 4.79 Å². The number of nitrogens with one attached hydrogen (secondary N) is 1. The summed E-state index contributed by atoms with van der Waals surface area (Å²) in [4.78, 5) is 15.3. The van der Waals surface area contributed by atoms with Crippen LogP contribution in [0, 0.1) is 11.3 Å². The Hall–Kier alpha value is -2.61. The van der Waals surface area contributed by atoms with Gasteiger partial charge in [-0.2, -0.15) is 5.26 Å². The molecular formula is C13H11N3O2. The average Bonchev–Trinajstić information content (AvgIpc) is 2.43. The van der Waals surface area contributed by atoms with Crippen LogP contribution >= 0.6 is 0 Å². The first-order valence-corrected chi connectivity index (χ1v) is 5.35. The zero-order chi connectivity index (χ0) is 13.0. The number of rotatable bonds is 3. The zero-order valence-corrected chi connectivity index (χ0v) is 9.80. The van der Waals surface area contributed by atoms with Crippen molar-refractivity contribution >= 4 is 22.7 Å². The van der Waals surface area contributed by atoms with Gasteiger partial charge in [0.05, 0.1) is 24.3 Å². The number of methoxy groups -OCH3 is 1. The van der Waals surface area contributed by atoms with Gasteiger partial charge in [0.2, 0.25) is 0 Å². The Balaban J connectivity index is 2.36. The number of esters is 1. The van der Waals surface area contributed by atoms with E-state index in [1.807, 2.05) is 24.3 Å². The Morgan fingerprint density at radius 1 is 1.50 bits per heavy atom. The van der Waals surface area contributed by atoms with E-state index >= 15 is 0 Å². The second kappa shape index (κ2) is 5.15. The third-order valence-corrected chi connectivity index (χ3v) is 2.48. The fourth-order valence-electron chi connectivity index (χ4n) is 1.59. The smallest absolute Gasteiger partial charge is 0.325 e. The molecule has 5 nitrogen and oxygen atoms in total. The summed E-state index contributed by atoms with van der Waals surface area (Å²) < 4.78 is 4.52. The summed E-state index contributed by atoms with van der Waals surface area (Å²) in [6.45, 7) is 0.0205. The molecule has 0 saturated carbocycles. The van der Waals surface area contributed by atoms with Gasteiger partial charge in [0.25, 0.3) is 0 Å². The lowest BCUT2D eigenvalue weighted by Gasteiger charge is -2.06. The molecule has 2 rings (SSSR count). The van der Waals surface area contributed by atoms with Crippen LogP contribution in [0.25, 0.3) is 10.9 Å². The molecule has 0 unspecified atom stereocenters. The molecule has 1 aromatic carbocycles. The molecule has 18 heavy (non-hydrogen) atoms. The van der Waals surface area contributed by atoms with Crippen LogP contribution in [-0.4, -0.2) is 24.6 Å². The lowest BCUT2D eigenvalue weighted by atomic mass is 10.1. The second-order valence-electron chi connectivity index (χ2n) is 3.61. The maximum absolute atomic E-state index is 11.0. The number of fused-ring (bicyclic) bond motifs is 1. The number of hydrogen-bond acceptors (Lipinski definition) is 5. The summed E-state index contributed by atoms with van der Waals surface area (Å²) in [6.07, 6.45) is 0. The normalized spacial score (nSPS) is 9.78. The maximum Gasteiger partial charge on any atom is 0.325 e. The number of carbonyl (C=O) groups excluding carboxylic acids is 1. The van der Waals surface area contributed by atoms with Crippen LogP contribution in [0.4, 0.5) is 5.82 Å². The number of nitriles is 1. The minimum Gasteiger partial charge on any atom is -0.468 e. The average molecular weight is 241 g/mol. The lowest BCUT2D eigenvalue weighted by molar-refractivity contribution is -0.138. The zero-order valence-electron chi connectivity index (χ0n) is 9.80. The molecule has 0 atom stereocenters. The number of benzene rings is 1. The number of anilines is 1. The third-order valence-electron chi connectivity index (χ3n) is 2.48. The first-order valence-electron chi connectivity index (χ1n) is 5.35. The minimum absolute atomic E-state index is 0.0205. The van der Waals surface area contributed by atoms with Crippen molar-refractivity contribution in [3.05, 3.63) is 35.9 Å². The Kier molecular flexibility index (Phi) is 3.39. The molecule has 0 aliphatic heterocycles. The van der Waals surface area contributed by atoms with Crippen LogP contribution in [0.15, 0.2) is 30.3 Å². The van der Waals surface area contributed by atoms with Crippen molar-refractivity contribution in [3.63, 3.8) is 0 Å². The van der Waals surface area contributed by atoms with E-state index in [0.29, 0.717) is 16.9 Å². The number of pyridine rings is 1. The van der Waals surface area contributed by atoms with Gasteiger partial charge >= 0.3 is 5.97 Å². The van der Waals surface area contributed by atoms with E-state index < -0.39 is 0 Å². The third kappa shape index (κ3) is 2.38. The van der Waals surface area contributed by atoms with Gasteiger partial charge in [-0.1, -0.05) is 18.2 Å². The van der Waals surface area contributed by atoms with Crippen molar-refractivity contribution in [1.82, 2.24) is 4.98 Å². The molecule has 1 N–H and O–H groups in total. The molecular weight excluding hydrogens is 230 g/mol. The van der Waals surface area contributed by atoms with Gasteiger partial charge in [0.15, 0.2) is 0 Å². The number of ether oxygens (including phenoxy) is 1. The molecule has 0 aliphatic carbocycles. The minimum atomic E-state index is -0.386. The first-order chi connectivity index (χ1) is 8.74. The highest BCUT2D eigenvalue weighted by molar-refractivity contribution is 5.86. The van der Waals surface area contributed by atoms with Crippen molar-refractivity contribution in [3.8, 4) is 6.07 Å². The monoisotopic (exact) mass is 241 g/mol. The van der Waals surface area contributed by atoms with Gasteiger partial charge in [-0.3, -0.25) is 4.79 Å².